The smallest absolute Gasteiger partial charge is 0.408 e. The monoisotopic (exact) mass is 247 g/mol. The first-order valence-electron chi connectivity index (χ1n) is 6.20. The van der Waals surface area contributed by atoms with Crippen molar-refractivity contribution in [2.45, 2.75) is 12.5 Å². The molecule has 5 nitrogen and oxygen atoms in total. The van der Waals surface area contributed by atoms with Gasteiger partial charge in [-0.25, -0.2) is 4.79 Å². The van der Waals surface area contributed by atoms with Crippen molar-refractivity contribution < 1.29 is 4.42 Å². The number of aryl methyl sites for hydroxylation is 1. The molecule has 1 aliphatic heterocycles. The SMILES string of the molecule is CN(c1ccc2c(c1)oc(=O)n2C)C1CCNC1. The van der Waals surface area contributed by atoms with Gasteiger partial charge >= 0.3 is 5.76 Å². The molecule has 1 atom stereocenters. The molecule has 1 N–H and O–H groups in total. The Morgan fingerprint density at radius 2 is 2.33 bits per heavy atom. The van der Waals surface area contributed by atoms with Gasteiger partial charge in [0.25, 0.3) is 0 Å². The van der Waals surface area contributed by atoms with Crippen LogP contribution in [0.2, 0.25) is 0 Å². The van der Waals surface area contributed by atoms with E-state index in [4.69, 9.17) is 4.42 Å². The predicted molar refractivity (Wildman–Crippen MR) is 71.1 cm³/mol. The summed E-state index contributed by atoms with van der Waals surface area (Å²) in [5, 5.41) is 3.35. The van der Waals surface area contributed by atoms with Crippen molar-refractivity contribution in [1.82, 2.24) is 9.88 Å². The molecule has 2 heterocycles. The number of oxazole rings is 1. The highest BCUT2D eigenvalue weighted by Crippen LogP contribution is 2.23. The van der Waals surface area contributed by atoms with Crippen molar-refractivity contribution in [3.63, 3.8) is 0 Å². The molecule has 0 radical (unpaired) electrons. The Kier molecular flexibility index (Phi) is 2.63. The molecule has 1 saturated heterocycles. The third kappa shape index (κ3) is 1.71. The molecule has 0 amide bonds. The van der Waals surface area contributed by atoms with Crippen LogP contribution in [-0.4, -0.2) is 30.7 Å². The number of anilines is 1. The molecule has 18 heavy (non-hydrogen) atoms. The fourth-order valence-corrected chi connectivity index (χ4v) is 2.52. The molecule has 1 aromatic carbocycles. The van der Waals surface area contributed by atoms with E-state index in [2.05, 4.69) is 17.3 Å². The van der Waals surface area contributed by atoms with E-state index in [1.165, 1.54) is 4.57 Å². The second kappa shape index (κ2) is 4.17. The summed E-state index contributed by atoms with van der Waals surface area (Å²) in [7, 11) is 3.80. The van der Waals surface area contributed by atoms with Gasteiger partial charge in [0.15, 0.2) is 5.58 Å². The maximum Gasteiger partial charge on any atom is 0.419 e. The van der Waals surface area contributed by atoms with Gasteiger partial charge in [0.05, 0.1) is 5.52 Å². The average molecular weight is 247 g/mol. The van der Waals surface area contributed by atoms with Crippen LogP contribution in [-0.2, 0) is 7.05 Å². The van der Waals surface area contributed by atoms with E-state index in [0.717, 1.165) is 30.7 Å². The van der Waals surface area contributed by atoms with Gasteiger partial charge in [-0.15, -0.1) is 0 Å². The molecule has 2 aromatic rings. The van der Waals surface area contributed by atoms with Gasteiger partial charge in [0.1, 0.15) is 0 Å². The van der Waals surface area contributed by atoms with Crippen LogP contribution >= 0.6 is 0 Å². The lowest BCUT2D eigenvalue weighted by atomic mass is 10.2. The number of likely N-dealkylation sites (N-methyl/N-ethyl adjacent to an activating group) is 1. The molecule has 0 spiro atoms. The lowest BCUT2D eigenvalue weighted by Crippen LogP contribution is -2.33. The molecule has 96 valence electrons. The second-order valence-corrected chi connectivity index (χ2v) is 4.84. The van der Waals surface area contributed by atoms with Crippen LogP contribution in [0.25, 0.3) is 11.1 Å². The van der Waals surface area contributed by atoms with Crippen LogP contribution in [0.15, 0.2) is 27.4 Å². The summed E-state index contributed by atoms with van der Waals surface area (Å²) in [5.41, 5.74) is 2.57. The normalized spacial score (nSPS) is 19.6. The van der Waals surface area contributed by atoms with Crippen LogP contribution in [0, 0.1) is 0 Å². The first-order chi connectivity index (χ1) is 8.66. The van der Waals surface area contributed by atoms with Crippen LogP contribution < -0.4 is 16.0 Å². The van der Waals surface area contributed by atoms with E-state index in [1.807, 2.05) is 18.2 Å². The van der Waals surface area contributed by atoms with Gasteiger partial charge < -0.3 is 14.6 Å². The summed E-state index contributed by atoms with van der Waals surface area (Å²) in [6.45, 7) is 2.07. The highest BCUT2D eigenvalue weighted by molar-refractivity contribution is 5.77. The highest BCUT2D eigenvalue weighted by atomic mass is 16.4. The number of nitrogens with one attached hydrogen (secondary N) is 1. The standard InChI is InChI=1S/C13H17N3O2/c1-15(10-5-6-14-8-10)9-3-4-11-12(7-9)18-13(17)16(11)2/h3-4,7,10,14H,5-6,8H2,1-2H3. The molecule has 1 aromatic heterocycles. The highest BCUT2D eigenvalue weighted by Gasteiger charge is 2.20. The third-order valence-corrected chi connectivity index (χ3v) is 3.77. The summed E-state index contributed by atoms with van der Waals surface area (Å²) in [5.74, 6) is -0.313. The van der Waals surface area contributed by atoms with Crippen LogP contribution in [0.1, 0.15) is 6.42 Å². The van der Waals surface area contributed by atoms with Crippen molar-refractivity contribution in [2.24, 2.45) is 7.05 Å². The molecular formula is C13H17N3O2. The number of aromatic nitrogens is 1. The zero-order valence-corrected chi connectivity index (χ0v) is 10.6. The molecule has 0 bridgehead atoms. The average Bonchev–Trinajstić information content (AvgIpc) is 2.98. The van der Waals surface area contributed by atoms with Gasteiger partial charge in [-0.3, -0.25) is 4.57 Å². The van der Waals surface area contributed by atoms with Gasteiger partial charge in [-0.1, -0.05) is 0 Å². The summed E-state index contributed by atoms with van der Waals surface area (Å²) in [4.78, 5) is 13.7. The topological polar surface area (TPSA) is 50.4 Å². The van der Waals surface area contributed by atoms with Crippen molar-refractivity contribution in [2.75, 3.05) is 25.0 Å². The van der Waals surface area contributed by atoms with E-state index in [1.54, 1.807) is 7.05 Å². The van der Waals surface area contributed by atoms with E-state index < -0.39 is 0 Å². The van der Waals surface area contributed by atoms with Crippen molar-refractivity contribution in [3.8, 4) is 0 Å². The van der Waals surface area contributed by atoms with E-state index in [9.17, 15) is 4.79 Å². The zero-order chi connectivity index (χ0) is 12.7. The molecule has 3 rings (SSSR count). The van der Waals surface area contributed by atoms with Gasteiger partial charge in [-0.05, 0) is 25.1 Å². The minimum atomic E-state index is -0.313. The van der Waals surface area contributed by atoms with Crippen molar-refractivity contribution in [3.05, 3.63) is 28.7 Å². The minimum absolute atomic E-state index is 0.313. The molecule has 5 heteroatoms. The Labute approximate surface area is 105 Å². The van der Waals surface area contributed by atoms with E-state index in [-0.39, 0.29) is 5.76 Å². The van der Waals surface area contributed by atoms with Crippen LogP contribution in [0.3, 0.4) is 0 Å². The lowest BCUT2D eigenvalue weighted by Gasteiger charge is -2.25. The number of rotatable bonds is 2. The molecule has 1 aliphatic rings. The maximum absolute atomic E-state index is 11.4. The van der Waals surface area contributed by atoms with Gasteiger partial charge in [0, 0.05) is 38.4 Å². The number of hydrogen-bond acceptors (Lipinski definition) is 4. The second-order valence-electron chi connectivity index (χ2n) is 4.84. The lowest BCUT2D eigenvalue weighted by molar-refractivity contribution is 0.528. The fraction of sp³-hybridized carbons (Fsp3) is 0.462. The van der Waals surface area contributed by atoms with E-state index in [0.29, 0.717) is 11.6 Å². The number of benzene rings is 1. The molecule has 1 fully saturated rings. The Hall–Kier alpha value is -1.75. The molecule has 0 aliphatic carbocycles. The summed E-state index contributed by atoms with van der Waals surface area (Å²) < 4.78 is 6.74. The minimum Gasteiger partial charge on any atom is -0.408 e. The largest absolute Gasteiger partial charge is 0.419 e. The van der Waals surface area contributed by atoms with Crippen molar-refractivity contribution in [1.29, 1.82) is 0 Å². The first-order valence-corrected chi connectivity index (χ1v) is 6.20. The van der Waals surface area contributed by atoms with Gasteiger partial charge in [-0.2, -0.15) is 0 Å². The Balaban J connectivity index is 2.00. The summed E-state index contributed by atoms with van der Waals surface area (Å²) in [6.07, 6.45) is 1.15. The summed E-state index contributed by atoms with van der Waals surface area (Å²) in [6, 6.07) is 6.43. The Morgan fingerprint density at radius 1 is 1.50 bits per heavy atom. The maximum atomic E-state index is 11.4. The quantitative estimate of drug-likeness (QED) is 0.857. The molecule has 1 unspecified atom stereocenters. The van der Waals surface area contributed by atoms with Crippen molar-refractivity contribution >= 4 is 16.8 Å². The number of nitrogens with zero attached hydrogens (tertiary/aromatic N) is 2. The third-order valence-electron chi connectivity index (χ3n) is 3.77. The fourth-order valence-electron chi connectivity index (χ4n) is 2.52. The predicted octanol–water partition coefficient (Wildman–Crippen LogP) is 0.930. The van der Waals surface area contributed by atoms with E-state index >= 15 is 0 Å². The Morgan fingerprint density at radius 3 is 3.06 bits per heavy atom. The number of hydrogen-bond donors (Lipinski definition) is 1. The first kappa shape index (κ1) is 11.3. The molecular weight excluding hydrogens is 230 g/mol. The zero-order valence-electron chi connectivity index (χ0n) is 10.6. The van der Waals surface area contributed by atoms with Crippen LogP contribution in [0.4, 0.5) is 5.69 Å². The number of fused-ring (bicyclic) bond motifs is 1. The summed E-state index contributed by atoms with van der Waals surface area (Å²) >= 11 is 0. The molecule has 0 saturated carbocycles. The Bertz CT molecular complexity index is 623. The van der Waals surface area contributed by atoms with Gasteiger partial charge in [0.2, 0.25) is 0 Å². The van der Waals surface area contributed by atoms with Crippen LogP contribution in [0.5, 0.6) is 0 Å².